The van der Waals surface area contributed by atoms with Gasteiger partial charge in [-0.15, -0.1) is 0 Å². The molecule has 0 spiro atoms. The number of carbonyl (C=O) groups is 4. The van der Waals surface area contributed by atoms with E-state index >= 15 is 0 Å². The third-order valence-electron chi connectivity index (χ3n) is 6.46. The van der Waals surface area contributed by atoms with E-state index < -0.39 is 17.1 Å². The van der Waals surface area contributed by atoms with Crippen molar-refractivity contribution in [2.75, 3.05) is 23.8 Å². The van der Waals surface area contributed by atoms with Crippen LogP contribution in [-0.2, 0) is 14.4 Å². The van der Waals surface area contributed by atoms with Crippen LogP contribution >= 0.6 is 11.8 Å². The number of ether oxygens (including phenoxy) is 1. The Morgan fingerprint density at radius 3 is 2.30 bits per heavy atom. The number of carbonyl (C=O) groups excluding carboxylic acids is 4. The molecule has 0 unspecified atom stereocenters. The lowest BCUT2D eigenvalue weighted by molar-refractivity contribution is -0.127. The highest BCUT2D eigenvalue weighted by Crippen LogP contribution is 2.32. The molecule has 3 aromatic carbocycles. The number of benzene rings is 3. The van der Waals surface area contributed by atoms with E-state index in [9.17, 15) is 19.2 Å². The van der Waals surface area contributed by atoms with E-state index in [0.29, 0.717) is 17.0 Å². The Morgan fingerprint density at radius 1 is 0.900 bits per heavy atom. The molecule has 3 aromatic rings. The summed E-state index contributed by atoms with van der Waals surface area (Å²) in [6.07, 6.45) is 1.59. The fourth-order valence-electron chi connectivity index (χ4n) is 4.12. The SMILES string of the molecule is Cc1cccc(NC(=O)CN2C(=O)S/C(=C/c3ccc(OCC(=O)Nc4ccccc4C(C)C)cc3)C2=O)c1C. The Balaban J connectivity index is 1.32. The molecule has 9 heteroatoms. The third-order valence-corrected chi connectivity index (χ3v) is 7.37. The Morgan fingerprint density at radius 2 is 1.57 bits per heavy atom. The highest BCUT2D eigenvalue weighted by atomic mass is 32.2. The molecule has 0 saturated carbocycles. The van der Waals surface area contributed by atoms with Gasteiger partial charge in [-0.25, -0.2) is 0 Å². The van der Waals surface area contributed by atoms with Crippen LogP contribution in [0, 0.1) is 13.8 Å². The van der Waals surface area contributed by atoms with Gasteiger partial charge in [-0.3, -0.25) is 24.1 Å². The molecule has 2 N–H and O–H groups in total. The van der Waals surface area contributed by atoms with Crippen LogP contribution in [0.3, 0.4) is 0 Å². The molecular formula is C31H31N3O5S. The molecule has 0 aromatic heterocycles. The molecule has 1 fully saturated rings. The predicted octanol–water partition coefficient (Wildman–Crippen LogP) is 6.12. The van der Waals surface area contributed by atoms with E-state index in [1.165, 1.54) is 0 Å². The third kappa shape index (κ3) is 6.98. The molecule has 1 saturated heterocycles. The average molecular weight is 558 g/mol. The van der Waals surface area contributed by atoms with Crippen LogP contribution in [0.4, 0.5) is 16.2 Å². The van der Waals surface area contributed by atoms with Crippen LogP contribution in [0.5, 0.6) is 5.75 Å². The normalized spacial score (nSPS) is 14.1. The minimum absolute atomic E-state index is 0.158. The molecule has 1 aliphatic rings. The first-order valence-electron chi connectivity index (χ1n) is 12.9. The van der Waals surface area contributed by atoms with E-state index in [0.717, 1.165) is 39.0 Å². The smallest absolute Gasteiger partial charge is 0.294 e. The number of aryl methyl sites for hydroxylation is 1. The van der Waals surface area contributed by atoms with Crippen molar-refractivity contribution in [2.45, 2.75) is 33.6 Å². The number of nitrogens with one attached hydrogen (secondary N) is 2. The summed E-state index contributed by atoms with van der Waals surface area (Å²) in [4.78, 5) is 51.5. The van der Waals surface area contributed by atoms with Gasteiger partial charge < -0.3 is 15.4 Å². The zero-order valence-corrected chi connectivity index (χ0v) is 23.6. The van der Waals surface area contributed by atoms with Gasteiger partial charge in [0, 0.05) is 11.4 Å². The Hall–Kier alpha value is -4.37. The maximum absolute atomic E-state index is 12.9. The highest BCUT2D eigenvalue weighted by molar-refractivity contribution is 8.18. The van der Waals surface area contributed by atoms with Gasteiger partial charge in [0.25, 0.3) is 17.1 Å². The summed E-state index contributed by atoms with van der Waals surface area (Å²) in [6.45, 7) is 7.43. The van der Waals surface area contributed by atoms with Crippen molar-refractivity contribution in [2.24, 2.45) is 0 Å². The number of hydrogen-bond donors (Lipinski definition) is 2. The maximum Gasteiger partial charge on any atom is 0.294 e. The lowest BCUT2D eigenvalue weighted by Crippen LogP contribution is -2.36. The van der Waals surface area contributed by atoms with Crippen LogP contribution in [-0.4, -0.2) is 41.0 Å². The second kappa shape index (κ2) is 12.7. The van der Waals surface area contributed by atoms with E-state index in [4.69, 9.17) is 4.74 Å². The van der Waals surface area contributed by atoms with Crippen molar-refractivity contribution in [3.63, 3.8) is 0 Å². The number of hydrogen-bond acceptors (Lipinski definition) is 6. The molecule has 0 aliphatic carbocycles. The number of para-hydroxylation sites is 1. The highest BCUT2D eigenvalue weighted by Gasteiger charge is 2.36. The minimum atomic E-state index is -0.523. The van der Waals surface area contributed by atoms with Crippen molar-refractivity contribution in [3.8, 4) is 5.75 Å². The number of amides is 4. The molecule has 0 atom stereocenters. The van der Waals surface area contributed by atoms with Crippen molar-refractivity contribution < 1.29 is 23.9 Å². The first kappa shape index (κ1) is 28.6. The van der Waals surface area contributed by atoms with Gasteiger partial charge in [-0.2, -0.15) is 0 Å². The first-order valence-corrected chi connectivity index (χ1v) is 13.7. The van der Waals surface area contributed by atoms with Crippen molar-refractivity contribution in [3.05, 3.63) is 93.9 Å². The average Bonchev–Trinajstić information content (AvgIpc) is 3.18. The minimum Gasteiger partial charge on any atom is -0.484 e. The topological polar surface area (TPSA) is 105 Å². The molecule has 1 heterocycles. The molecule has 8 nitrogen and oxygen atoms in total. The number of anilines is 2. The predicted molar refractivity (Wildman–Crippen MR) is 158 cm³/mol. The lowest BCUT2D eigenvalue weighted by Gasteiger charge is -2.14. The number of imide groups is 1. The van der Waals surface area contributed by atoms with Crippen molar-refractivity contribution >= 4 is 52.2 Å². The summed E-state index contributed by atoms with van der Waals surface area (Å²) in [5.74, 6) is -0.486. The summed E-state index contributed by atoms with van der Waals surface area (Å²) in [5, 5.41) is 5.16. The molecule has 0 radical (unpaired) electrons. The van der Waals surface area contributed by atoms with Gasteiger partial charge in [0.1, 0.15) is 12.3 Å². The Kier molecular flexibility index (Phi) is 9.06. The van der Waals surface area contributed by atoms with Gasteiger partial charge >= 0.3 is 0 Å². The molecule has 206 valence electrons. The van der Waals surface area contributed by atoms with Crippen LogP contribution in [0.1, 0.15) is 42.0 Å². The van der Waals surface area contributed by atoms with E-state index in [2.05, 4.69) is 24.5 Å². The lowest BCUT2D eigenvalue weighted by atomic mass is 10.0. The zero-order valence-electron chi connectivity index (χ0n) is 22.8. The van der Waals surface area contributed by atoms with Crippen LogP contribution in [0.15, 0.2) is 71.6 Å². The van der Waals surface area contributed by atoms with E-state index in [1.807, 2.05) is 50.2 Å². The Bertz CT molecular complexity index is 1480. The fourth-order valence-corrected chi connectivity index (χ4v) is 4.96. The van der Waals surface area contributed by atoms with Gasteiger partial charge in [0.15, 0.2) is 6.61 Å². The van der Waals surface area contributed by atoms with E-state index in [1.54, 1.807) is 36.4 Å². The Labute approximate surface area is 237 Å². The molecular weight excluding hydrogens is 526 g/mol. The van der Waals surface area contributed by atoms with Crippen LogP contribution in [0.2, 0.25) is 0 Å². The van der Waals surface area contributed by atoms with Crippen LogP contribution < -0.4 is 15.4 Å². The summed E-state index contributed by atoms with van der Waals surface area (Å²) in [6, 6.07) is 20.0. The van der Waals surface area contributed by atoms with Gasteiger partial charge in [0.05, 0.1) is 4.91 Å². The molecule has 0 bridgehead atoms. The van der Waals surface area contributed by atoms with Crippen molar-refractivity contribution in [1.29, 1.82) is 0 Å². The first-order chi connectivity index (χ1) is 19.1. The quantitative estimate of drug-likeness (QED) is 0.307. The maximum atomic E-state index is 12.9. The van der Waals surface area contributed by atoms with Crippen molar-refractivity contribution in [1.82, 2.24) is 4.90 Å². The summed E-state index contributed by atoms with van der Waals surface area (Å²) in [5.41, 5.74) is 5.08. The number of rotatable bonds is 9. The zero-order chi connectivity index (χ0) is 28.8. The monoisotopic (exact) mass is 557 g/mol. The molecule has 40 heavy (non-hydrogen) atoms. The number of nitrogens with zero attached hydrogens (tertiary/aromatic N) is 1. The summed E-state index contributed by atoms with van der Waals surface area (Å²) < 4.78 is 5.62. The summed E-state index contributed by atoms with van der Waals surface area (Å²) in [7, 11) is 0. The second-order valence-electron chi connectivity index (χ2n) is 9.71. The number of thioether (sulfide) groups is 1. The van der Waals surface area contributed by atoms with Gasteiger partial charge in [-0.1, -0.05) is 56.3 Å². The standard InChI is InChI=1S/C31H31N3O5S/c1-19(2)24-9-5-6-10-26(24)33-29(36)18-39-23-14-12-22(13-15-23)16-27-30(37)34(31(38)40-27)17-28(35)32-25-11-7-8-20(3)21(25)4/h5-16,19H,17-18H2,1-4H3,(H,32,35)(H,33,36)/b27-16+. The van der Waals surface area contributed by atoms with Gasteiger partial charge in [-0.05, 0) is 84.1 Å². The van der Waals surface area contributed by atoms with Crippen LogP contribution in [0.25, 0.3) is 6.08 Å². The molecule has 4 amide bonds. The molecule has 4 rings (SSSR count). The van der Waals surface area contributed by atoms with E-state index in [-0.39, 0.29) is 29.9 Å². The largest absolute Gasteiger partial charge is 0.484 e. The summed E-state index contributed by atoms with van der Waals surface area (Å²) >= 11 is 0.787. The fraction of sp³-hybridized carbons (Fsp3) is 0.226. The van der Waals surface area contributed by atoms with Gasteiger partial charge in [0.2, 0.25) is 5.91 Å². The second-order valence-corrected chi connectivity index (χ2v) is 10.7. The molecule has 1 aliphatic heterocycles.